The molecule has 2 saturated heterocycles. The summed E-state index contributed by atoms with van der Waals surface area (Å²) in [6, 6.07) is 8.62. The van der Waals surface area contributed by atoms with Crippen molar-refractivity contribution in [1.82, 2.24) is 10.2 Å². The summed E-state index contributed by atoms with van der Waals surface area (Å²) in [4.78, 5) is 14.2. The molecule has 23 heavy (non-hydrogen) atoms. The lowest BCUT2D eigenvalue weighted by atomic mass is 9.89. The topological polar surface area (TPSA) is 41.6 Å². The van der Waals surface area contributed by atoms with Crippen LogP contribution in [0.15, 0.2) is 24.3 Å². The number of hydrogen-bond donors (Lipinski definition) is 1. The molecule has 2 aliphatic heterocycles. The molecule has 1 aromatic rings. The van der Waals surface area contributed by atoms with E-state index in [4.69, 9.17) is 16.3 Å². The highest BCUT2D eigenvalue weighted by Gasteiger charge is 2.34. The van der Waals surface area contributed by atoms with Gasteiger partial charge in [-0.15, -0.1) is 0 Å². The fraction of sp³-hybridized carbons (Fsp3) is 0.611. The van der Waals surface area contributed by atoms with Crippen molar-refractivity contribution in [3.63, 3.8) is 0 Å². The van der Waals surface area contributed by atoms with E-state index in [-0.39, 0.29) is 5.91 Å². The van der Waals surface area contributed by atoms with Crippen molar-refractivity contribution < 1.29 is 9.53 Å². The average molecular weight is 337 g/mol. The largest absolute Gasteiger partial charge is 0.492 e. The van der Waals surface area contributed by atoms with Gasteiger partial charge in [-0.1, -0.05) is 17.7 Å². The molecule has 3 rings (SSSR count). The Morgan fingerprint density at radius 2 is 2.09 bits per heavy atom. The Morgan fingerprint density at radius 3 is 2.78 bits per heavy atom. The van der Waals surface area contributed by atoms with Crippen LogP contribution in [0.1, 0.15) is 32.1 Å². The quantitative estimate of drug-likeness (QED) is 0.868. The maximum Gasteiger partial charge on any atom is 0.222 e. The molecule has 2 heterocycles. The Hall–Kier alpha value is -1.26. The molecule has 0 spiro atoms. The Morgan fingerprint density at radius 1 is 1.35 bits per heavy atom. The second-order valence-electron chi connectivity index (χ2n) is 6.80. The van der Waals surface area contributed by atoms with Crippen LogP contribution in [0.5, 0.6) is 5.75 Å². The minimum absolute atomic E-state index is 0.228. The fourth-order valence-corrected chi connectivity index (χ4v) is 3.91. The van der Waals surface area contributed by atoms with Crippen LogP contribution in [0.25, 0.3) is 0 Å². The second-order valence-corrected chi connectivity index (χ2v) is 7.24. The zero-order valence-corrected chi connectivity index (χ0v) is 14.4. The SMILES string of the molecule is CN(CCOc1cccc(Cl)c1)C(=O)CC1CC2CCC(C1)N2. The number of amides is 1. The monoisotopic (exact) mass is 336 g/mol. The molecule has 2 fully saturated rings. The number of piperidine rings is 1. The van der Waals surface area contributed by atoms with Gasteiger partial charge in [0.15, 0.2) is 0 Å². The second kappa shape index (κ2) is 7.54. The van der Waals surface area contributed by atoms with E-state index in [2.05, 4.69) is 5.32 Å². The molecule has 4 nitrogen and oxygen atoms in total. The summed E-state index contributed by atoms with van der Waals surface area (Å²) >= 11 is 5.92. The highest BCUT2D eigenvalue weighted by atomic mass is 35.5. The van der Waals surface area contributed by atoms with Gasteiger partial charge in [0, 0.05) is 30.6 Å². The third-order valence-corrected chi connectivity index (χ3v) is 5.19. The maximum absolute atomic E-state index is 12.4. The smallest absolute Gasteiger partial charge is 0.222 e. The molecule has 5 heteroatoms. The van der Waals surface area contributed by atoms with Gasteiger partial charge in [-0.05, 0) is 49.8 Å². The predicted octanol–water partition coefficient (Wildman–Crippen LogP) is 3.10. The number of nitrogens with one attached hydrogen (secondary N) is 1. The Labute approximate surface area is 143 Å². The third-order valence-electron chi connectivity index (χ3n) is 4.95. The molecule has 126 valence electrons. The van der Waals surface area contributed by atoms with E-state index in [9.17, 15) is 4.79 Å². The number of halogens is 1. The molecular formula is C18H25ClN2O2. The molecule has 2 unspecified atom stereocenters. The highest BCUT2D eigenvalue weighted by molar-refractivity contribution is 6.30. The number of likely N-dealkylation sites (N-methyl/N-ethyl adjacent to an activating group) is 1. The lowest BCUT2D eigenvalue weighted by molar-refractivity contribution is -0.131. The van der Waals surface area contributed by atoms with Crippen molar-refractivity contribution in [3.05, 3.63) is 29.3 Å². The van der Waals surface area contributed by atoms with Crippen LogP contribution in [0.2, 0.25) is 5.02 Å². The van der Waals surface area contributed by atoms with E-state index >= 15 is 0 Å². The third kappa shape index (κ3) is 4.61. The maximum atomic E-state index is 12.4. The lowest BCUT2D eigenvalue weighted by Gasteiger charge is -2.30. The molecule has 0 radical (unpaired) electrons. The van der Waals surface area contributed by atoms with Crippen LogP contribution in [-0.2, 0) is 4.79 Å². The molecule has 2 bridgehead atoms. The first kappa shape index (κ1) is 16.6. The average Bonchev–Trinajstić information content (AvgIpc) is 2.86. The van der Waals surface area contributed by atoms with E-state index in [1.54, 1.807) is 11.0 Å². The number of rotatable bonds is 6. The zero-order valence-electron chi connectivity index (χ0n) is 13.6. The zero-order chi connectivity index (χ0) is 16.2. The summed E-state index contributed by atoms with van der Waals surface area (Å²) in [6.07, 6.45) is 5.52. The molecule has 1 aromatic carbocycles. The van der Waals surface area contributed by atoms with E-state index in [0.717, 1.165) is 18.6 Å². The van der Waals surface area contributed by atoms with Gasteiger partial charge in [0.05, 0.1) is 6.54 Å². The molecular weight excluding hydrogens is 312 g/mol. The molecule has 1 N–H and O–H groups in total. The number of carbonyl (C=O) groups is 1. The van der Waals surface area contributed by atoms with Crippen LogP contribution < -0.4 is 10.1 Å². The van der Waals surface area contributed by atoms with Crippen LogP contribution >= 0.6 is 11.6 Å². The predicted molar refractivity (Wildman–Crippen MR) is 91.9 cm³/mol. The molecule has 2 atom stereocenters. The Bertz CT molecular complexity index is 540. The number of hydrogen-bond acceptors (Lipinski definition) is 3. The standard InChI is InChI=1S/C18H25ClN2O2/c1-21(7-8-23-17-4-2-3-14(19)12-17)18(22)11-13-9-15-5-6-16(10-13)20-15/h2-4,12-13,15-16,20H,5-11H2,1H3. The molecule has 0 aliphatic carbocycles. The first-order valence-electron chi connectivity index (χ1n) is 8.48. The molecule has 0 aromatic heterocycles. The summed E-state index contributed by atoms with van der Waals surface area (Å²) in [7, 11) is 1.86. The van der Waals surface area contributed by atoms with E-state index in [1.165, 1.54) is 12.8 Å². The fourth-order valence-electron chi connectivity index (χ4n) is 3.73. The van der Waals surface area contributed by atoms with Gasteiger partial charge in [0.2, 0.25) is 5.91 Å². The van der Waals surface area contributed by atoms with Crippen molar-refractivity contribution in [2.45, 2.75) is 44.2 Å². The highest BCUT2D eigenvalue weighted by Crippen LogP contribution is 2.32. The number of carbonyl (C=O) groups excluding carboxylic acids is 1. The van der Waals surface area contributed by atoms with Gasteiger partial charge < -0.3 is 15.0 Å². The summed E-state index contributed by atoms with van der Waals surface area (Å²) in [5.41, 5.74) is 0. The van der Waals surface area contributed by atoms with Gasteiger partial charge in [-0.3, -0.25) is 4.79 Å². The van der Waals surface area contributed by atoms with Crippen LogP contribution in [0.4, 0.5) is 0 Å². The summed E-state index contributed by atoms with van der Waals surface area (Å²) in [5, 5.41) is 4.28. The van der Waals surface area contributed by atoms with Gasteiger partial charge in [-0.25, -0.2) is 0 Å². The Kier molecular flexibility index (Phi) is 5.44. The summed E-state index contributed by atoms with van der Waals surface area (Å²) < 4.78 is 5.65. The van der Waals surface area contributed by atoms with Crippen LogP contribution in [0.3, 0.4) is 0 Å². The Balaban J connectivity index is 1.39. The first-order chi connectivity index (χ1) is 11.1. The molecule has 1 amide bonds. The summed E-state index contributed by atoms with van der Waals surface area (Å²) in [6.45, 7) is 1.09. The lowest BCUT2D eigenvalue weighted by Crippen LogP contribution is -2.40. The first-order valence-corrected chi connectivity index (χ1v) is 8.86. The number of fused-ring (bicyclic) bond motifs is 2. The van der Waals surface area contributed by atoms with E-state index in [0.29, 0.717) is 42.6 Å². The minimum atomic E-state index is 0.228. The van der Waals surface area contributed by atoms with Crippen LogP contribution in [-0.4, -0.2) is 43.1 Å². The number of nitrogens with zero attached hydrogens (tertiary/aromatic N) is 1. The number of ether oxygens (including phenoxy) is 1. The van der Waals surface area contributed by atoms with Crippen molar-refractivity contribution in [3.8, 4) is 5.75 Å². The van der Waals surface area contributed by atoms with E-state index < -0.39 is 0 Å². The van der Waals surface area contributed by atoms with Gasteiger partial charge in [0.25, 0.3) is 0 Å². The van der Waals surface area contributed by atoms with Gasteiger partial charge >= 0.3 is 0 Å². The van der Waals surface area contributed by atoms with Crippen molar-refractivity contribution in [1.29, 1.82) is 0 Å². The number of benzene rings is 1. The summed E-state index contributed by atoms with van der Waals surface area (Å²) in [5.74, 6) is 1.51. The molecule has 0 saturated carbocycles. The van der Waals surface area contributed by atoms with Gasteiger partial charge in [-0.2, -0.15) is 0 Å². The van der Waals surface area contributed by atoms with E-state index in [1.807, 2.05) is 25.2 Å². The van der Waals surface area contributed by atoms with Crippen molar-refractivity contribution in [2.24, 2.45) is 5.92 Å². The van der Waals surface area contributed by atoms with Crippen molar-refractivity contribution in [2.75, 3.05) is 20.2 Å². The van der Waals surface area contributed by atoms with Crippen LogP contribution in [0, 0.1) is 5.92 Å². The minimum Gasteiger partial charge on any atom is -0.492 e. The van der Waals surface area contributed by atoms with Crippen molar-refractivity contribution >= 4 is 17.5 Å². The normalized spacial score (nSPS) is 26.1. The van der Waals surface area contributed by atoms with Gasteiger partial charge in [0.1, 0.15) is 12.4 Å². The molecule has 2 aliphatic rings.